The number of carbonyl (C=O) groups is 2. The number of aliphatic carboxylic acids is 1. The highest BCUT2D eigenvalue weighted by Crippen LogP contribution is 2.16. The van der Waals surface area contributed by atoms with E-state index in [1.807, 2.05) is 0 Å². The average Bonchev–Trinajstić information content (AvgIpc) is 2.79. The molecular formula is C11H18N2O4. The summed E-state index contributed by atoms with van der Waals surface area (Å²) in [6, 6.07) is 0. The maximum Gasteiger partial charge on any atom is 0.308 e. The van der Waals surface area contributed by atoms with E-state index in [0.29, 0.717) is 39.3 Å². The molecule has 0 aromatic heterocycles. The number of ether oxygens (including phenoxy) is 1. The molecule has 6 nitrogen and oxygen atoms in total. The lowest BCUT2D eigenvalue weighted by atomic mass is 10.1. The minimum Gasteiger partial charge on any atom is -0.481 e. The predicted octanol–water partition coefficient (Wildman–Crippen LogP) is -0.748. The molecule has 2 fully saturated rings. The van der Waals surface area contributed by atoms with Crippen molar-refractivity contribution >= 4 is 11.9 Å². The minimum absolute atomic E-state index is 0.0376. The van der Waals surface area contributed by atoms with Gasteiger partial charge in [0.05, 0.1) is 25.7 Å². The molecule has 0 bridgehead atoms. The molecule has 17 heavy (non-hydrogen) atoms. The number of carboxylic acids is 1. The Bertz CT molecular complexity index is 302. The van der Waals surface area contributed by atoms with Gasteiger partial charge in [-0.1, -0.05) is 0 Å². The number of morpholine rings is 1. The first-order valence-electron chi connectivity index (χ1n) is 5.97. The molecule has 0 aromatic rings. The normalized spacial score (nSPS) is 26.1. The summed E-state index contributed by atoms with van der Waals surface area (Å²) in [5, 5.41) is 8.87. The smallest absolute Gasteiger partial charge is 0.308 e. The van der Waals surface area contributed by atoms with Crippen LogP contribution in [-0.2, 0) is 14.3 Å². The van der Waals surface area contributed by atoms with Gasteiger partial charge in [0.1, 0.15) is 0 Å². The summed E-state index contributed by atoms with van der Waals surface area (Å²) < 4.78 is 5.21. The van der Waals surface area contributed by atoms with Crippen LogP contribution in [0.15, 0.2) is 0 Å². The molecule has 0 aliphatic carbocycles. The summed E-state index contributed by atoms with van der Waals surface area (Å²) in [6.07, 6.45) is 0.574. The third kappa shape index (κ3) is 3.17. The summed E-state index contributed by atoms with van der Waals surface area (Å²) in [4.78, 5) is 26.4. The van der Waals surface area contributed by atoms with Crippen LogP contribution in [0.3, 0.4) is 0 Å². The molecule has 0 radical (unpaired) electrons. The molecule has 0 aromatic carbocycles. The molecule has 0 spiro atoms. The largest absolute Gasteiger partial charge is 0.481 e. The molecule has 1 amide bonds. The molecule has 2 aliphatic heterocycles. The average molecular weight is 242 g/mol. The quantitative estimate of drug-likeness (QED) is 0.705. The molecule has 1 atom stereocenters. The molecule has 2 rings (SSSR count). The van der Waals surface area contributed by atoms with Crippen LogP contribution in [0.2, 0.25) is 0 Å². The summed E-state index contributed by atoms with van der Waals surface area (Å²) in [5.74, 6) is -1.15. The molecular weight excluding hydrogens is 224 g/mol. The van der Waals surface area contributed by atoms with Gasteiger partial charge in [0, 0.05) is 26.2 Å². The lowest BCUT2D eigenvalue weighted by Crippen LogP contribution is -2.44. The van der Waals surface area contributed by atoms with Crippen molar-refractivity contribution in [3.63, 3.8) is 0 Å². The molecule has 1 unspecified atom stereocenters. The predicted molar refractivity (Wildman–Crippen MR) is 59.6 cm³/mol. The van der Waals surface area contributed by atoms with Gasteiger partial charge in [-0.2, -0.15) is 0 Å². The highest BCUT2D eigenvalue weighted by atomic mass is 16.5. The van der Waals surface area contributed by atoms with Gasteiger partial charge in [0.15, 0.2) is 0 Å². The summed E-state index contributed by atoms with van der Waals surface area (Å²) in [6.45, 7) is 4.22. The Hall–Kier alpha value is -1.14. The van der Waals surface area contributed by atoms with Gasteiger partial charge in [-0.25, -0.2) is 0 Å². The Morgan fingerprint density at radius 3 is 2.53 bits per heavy atom. The fourth-order valence-corrected chi connectivity index (χ4v) is 2.24. The number of hydrogen-bond acceptors (Lipinski definition) is 4. The first kappa shape index (κ1) is 12.3. The fraction of sp³-hybridized carbons (Fsp3) is 0.818. The van der Waals surface area contributed by atoms with Crippen molar-refractivity contribution in [3.8, 4) is 0 Å². The van der Waals surface area contributed by atoms with Crippen molar-refractivity contribution < 1.29 is 19.4 Å². The maximum atomic E-state index is 11.9. The van der Waals surface area contributed by atoms with Crippen molar-refractivity contribution in [1.82, 2.24) is 9.80 Å². The summed E-state index contributed by atoms with van der Waals surface area (Å²) in [7, 11) is 0. The van der Waals surface area contributed by atoms with Gasteiger partial charge in [0.25, 0.3) is 0 Å². The van der Waals surface area contributed by atoms with Gasteiger partial charge in [-0.3, -0.25) is 14.5 Å². The second-order valence-electron chi connectivity index (χ2n) is 4.55. The van der Waals surface area contributed by atoms with Gasteiger partial charge in [0.2, 0.25) is 5.91 Å². The van der Waals surface area contributed by atoms with Crippen LogP contribution in [0, 0.1) is 5.92 Å². The SMILES string of the molecule is O=C(O)C1CCN(C(=O)CN2CCOCC2)C1. The van der Waals surface area contributed by atoms with Gasteiger partial charge in [-0.05, 0) is 6.42 Å². The highest BCUT2D eigenvalue weighted by Gasteiger charge is 2.31. The molecule has 2 aliphatic rings. The van der Waals surface area contributed by atoms with Crippen LogP contribution in [0.1, 0.15) is 6.42 Å². The zero-order chi connectivity index (χ0) is 12.3. The van der Waals surface area contributed by atoms with Crippen LogP contribution in [0.5, 0.6) is 0 Å². The Balaban J connectivity index is 1.78. The standard InChI is InChI=1S/C11H18N2O4/c14-10(8-12-3-5-17-6-4-12)13-2-1-9(7-13)11(15)16/h9H,1-8H2,(H,15,16). The summed E-state index contributed by atoms with van der Waals surface area (Å²) >= 11 is 0. The third-order valence-electron chi connectivity index (χ3n) is 3.35. The Morgan fingerprint density at radius 1 is 1.24 bits per heavy atom. The van der Waals surface area contributed by atoms with Crippen molar-refractivity contribution in [2.75, 3.05) is 45.9 Å². The molecule has 6 heteroatoms. The Labute approximate surface area is 100 Å². The summed E-state index contributed by atoms with van der Waals surface area (Å²) in [5.41, 5.74) is 0. The third-order valence-corrected chi connectivity index (χ3v) is 3.35. The zero-order valence-electron chi connectivity index (χ0n) is 9.80. The van der Waals surface area contributed by atoms with E-state index in [0.717, 1.165) is 13.1 Å². The first-order chi connectivity index (χ1) is 8.16. The highest BCUT2D eigenvalue weighted by molar-refractivity contribution is 5.80. The number of hydrogen-bond donors (Lipinski definition) is 1. The van der Waals surface area contributed by atoms with Crippen molar-refractivity contribution in [1.29, 1.82) is 0 Å². The Kier molecular flexibility index (Phi) is 3.96. The molecule has 2 heterocycles. The number of amides is 1. The number of rotatable bonds is 3. The van der Waals surface area contributed by atoms with Crippen LogP contribution in [-0.4, -0.2) is 72.7 Å². The maximum absolute atomic E-state index is 11.9. The fourth-order valence-electron chi connectivity index (χ4n) is 2.24. The second-order valence-corrected chi connectivity index (χ2v) is 4.55. The topological polar surface area (TPSA) is 70.1 Å². The van der Waals surface area contributed by atoms with E-state index < -0.39 is 5.97 Å². The lowest BCUT2D eigenvalue weighted by Gasteiger charge is -2.27. The van der Waals surface area contributed by atoms with Crippen LogP contribution < -0.4 is 0 Å². The first-order valence-corrected chi connectivity index (χ1v) is 5.97. The lowest BCUT2D eigenvalue weighted by molar-refractivity contribution is -0.141. The molecule has 1 N–H and O–H groups in total. The van der Waals surface area contributed by atoms with Gasteiger partial charge >= 0.3 is 5.97 Å². The molecule has 2 saturated heterocycles. The number of carbonyl (C=O) groups excluding carboxylic acids is 1. The second kappa shape index (κ2) is 5.46. The number of nitrogens with zero attached hydrogens (tertiary/aromatic N) is 2. The van der Waals surface area contributed by atoms with Crippen LogP contribution in [0.4, 0.5) is 0 Å². The number of likely N-dealkylation sites (tertiary alicyclic amines) is 1. The van der Waals surface area contributed by atoms with Crippen molar-refractivity contribution in [3.05, 3.63) is 0 Å². The van der Waals surface area contributed by atoms with Crippen LogP contribution >= 0.6 is 0 Å². The van der Waals surface area contributed by atoms with Crippen molar-refractivity contribution in [2.24, 2.45) is 5.92 Å². The monoisotopic (exact) mass is 242 g/mol. The van der Waals surface area contributed by atoms with E-state index in [1.165, 1.54) is 0 Å². The van der Waals surface area contributed by atoms with E-state index in [1.54, 1.807) is 4.90 Å². The van der Waals surface area contributed by atoms with E-state index in [2.05, 4.69) is 4.90 Å². The van der Waals surface area contributed by atoms with Crippen molar-refractivity contribution in [2.45, 2.75) is 6.42 Å². The van der Waals surface area contributed by atoms with Gasteiger partial charge in [-0.15, -0.1) is 0 Å². The minimum atomic E-state index is -0.799. The van der Waals surface area contributed by atoms with Gasteiger partial charge < -0.3 is 14.7 Å². The van der Waals surface area contributed by atoms with E-state index in [-0.39, 0.29) is 11.8 Å². The molecule has 96 valence electrons. The van der Waals surface area contributed by atoms with E-state index in [9.17, 15) is 9.59 Å². The van der Waals surface area contributed by atoms with E-state index >= 15 is 0 Å². The zero-order valence-corrected chi connectivity index (χ0v) is 9.80. The van der Waals surface area contributed by atoms with Crippen LogP contribution in [0.25, 0.3) is 0 Å². The number of carboxylic acid groups (broad SMARTS) is 1. The molecule has 0 saturated carbocycles. The van der Waals surface area contributed by atoms with E-state index in [4.69, 9.17) is 9.84 Å². The Morgan fingerprint density at radius 2 is 1.94 bits per heavy atom.